The van der Waals surface area contributed by atoms with Crippen LogP contribution in [0.5, 0.6) is 0 Å². The summed E-state index contributed by atoms with van der Waals surface area (Å²) in [6, 6.07) is 9.40. The molecule has 0 atom stereocenters. The fourth-order valence-corrected chi connectivity index (χ4v) is 1.84. The second kappa shape index (κ2) is 6.29. The molecule has 0 N–H and O–H groups in total. The second-order valence-corrected chi connectivity index (χ2v) is 4.36. The maximum atomic E-state index is 11.9. The smallest absolute Gasteiger partial charge is 0.361 e. The number of rotatable bonds is 4. The Bertz CT molecular complexity index is 575. The van der Waals surface area contributed by atoms with Gasteiger partial charge in [0.2, 0.25) is 5.16 Å². The Morgan fingerprint density at radius 1 is 1.26 bits per heavy atom. The summed E-state index contributed by atoms with van der Waals surface area (Å²) in [7, 11) is 0. The molecule has 0 spiro atoms. The van der Waals surface area contributed by atoms with Crippen LogP contribution in [0.25, 0.3) is 11.3 Å². The van der Waals surface area contributed by atoms with Crippen LogP contribution in [0.2, 0.25) is 0 Å². The van der Waals surface area contributed by atoms with Crippen molar-refractivity contribution in [3.63, 3.8) is 0 Å². The molecular weight excluding hydrogens is 262 g/mol. The molecule has 0 bridgehead atoms. The minimum Gasteiger partial charge on any atom is -0.461 e. The standard InChI is InChI=1S/C13H13N3O2S/c1-3-18-12(17)11-10(9-7-5-4-6-8-9)14-13(19-2)16-15-11/h4-8H,3H2,1-2H3. The van der Waals surface area contributed by atoms with Crippen molar-refractivity contribution < 1.29 is 9.53 Å². The molecule has 2 aromatic rings. The third-order valence-electron chi connectivity index (χ3n) is 2.37. The van der Waals surface area contributed by atoms with Gasteiger partial charge in [-0.1, -0.05) is 42.1 Å². The highest BCUT2D eigenvalue weighted by Gasteiger charge is 2.19. The van der Waals surface area contributed by atoms with Gasteiger partial charge in [0.15, 0.2) is 5.69 Å². The molecule has 5 nitrogen and oxygen atoms in total. The van der Waals surface area contributed by atoms with E-state index in [1.807, 2.05) is 36.6 Å². The first-order chi connectivity index (χ1) is 9.26. The predicted octanol–water partition coefficient (Wildman–Crippen LogP) is 2.44. The van der Waals surface area contributed by atoms with E-state index in [1.54, 1.807) is 6.92 Å². The Morgan fingerprint density at radius 3 is 2.63 bits per heavy atom. The lowest BCUT2D eigenvalue weighted by Crippen LogP contribution is -2.12. The summed E-state index contributed by atoms with van der Waals surface area (Å²) in [5, 5.41) is 8.34. The normalized spacial score (nSPS) is 10.2. The Hall–Kier alpha value is -1.95. The van der Waals surface area contributed by atoms with E-state index in [0.29, 0.717) is 17.5 Å². The van der Waals surface area contributed by atoms with E-state index in [-0.39, 0.29) is 5.69 Å². The number of nitrogens with zero attached hydrogens (tertiary/aromatic N) is 3. The van der Waals surface area contributed by atoms with Gasteiger partial charge < -0.3 is 4.74 Å². The zero-order valence-corrected chi connectivity index (χ0v) is 11.5. The Morgan fingerprint density at radius 2 is 2.00 bits per heavy atom. The molecule has 0 radical (unpaired) electrons. The van der Waals surface area contributed by atoms with Crippen LogP contribution in [-0.2, 0) is 4.74 Å². The highest BCUT2D eigenvalue weighted by atomic mass is 32.2. The lowest BCUT2D eigenvalue weighted by atomic mass is 10.1. The lowest BCUT2D eigenvalue weighted by Gasteiger charge is -2.07. The van der Waals surface area contributed by atoms with Crippen molar-refractivity contribution in [2.45, 2.75) is 12.1 Å². The summed E-state index contributed by atoms with van der Waals surface area (Å²) in [6.45, 7) is 2.04. The van der Waals surface area contributed by atoms with Gasteiger partial charge >= 0.3 is 5.97 Å². The summed E-state index contributed by atoms with van der Waals surface area (Å²) in [5.74, 6) is -0.506. The Labute approximate surface area is 115 Å². The second-order valence-electron chi connectivity index (χ2n) is 3.58. The van der Waals surface area contributed by atoms with Gasteiger partial charge in [-0.05, 0) is 13.2 Å². The van der Waals surface area contributed by atoms with Gasteiger partial charge in [-0.15, -0.1) is 10.2 Å². The molecule has 0 saturated carbocycles. The maximum Gasteiger partial charge on any atom is 0.361 e. The summed E-state index contributed by atoms with van der Waals surface area (Å²) >= 11 is 1.37. The van der Waals surface area contributed by atoms with Gasteiger partial charge in [0.05, 0.1) is 6.61 Å². The third kappa shape index (κ3) is 3.08. The van der Waals surface area contributed by atoms with Crippen LogP contribution in [0.15, 0.2) is 35.5 Å². The SMILES string of the molecule is CCOC(=O)c1nnc(SC)nc1-c1ccccc1. The van der Waals surface area contributed by atoms with Crippen LogP contribution in [0.1, 0.15) is 17.4 Å². The molecule has 1 aromatic carbocycles. The van der Waals surface area contributed by atoms with Gasteiger partial charge in [-0.25, -0.2) is 9.78 Å². The highest BCUT2D eigenvalue weighted by molar-refractivity contribution is 7.98. The van der Waals surface area contributed by atoms with Crippen molar-refractivity contribution in [1.29, 1.82) is 0 Å². The van der Waals surface area contributed by atoms with Crippen LogP contribution >= 0.6 is 11.8 Å². The highest BCUT2D eigenvalue weighted by Crippen LogP contribution is 2.22. The molecule has 2 rings (SSSR count). The van der Waals surface area contributed by atoms with Crippen LogP contribution in [0.3, 0.4) is 0 Å². The van der Waals surface area contributed by atoms with E-state index >= 15 is 0 Å². The van der Waals surface area contributed by atoms with Crippen LogP contribution in [0, 0.1) is 0 Å². The van der Waals surface area contributed by atoms with Gasteiger partial charge in [0, 0.05) is 5.56 Å². The average molecular weight is 275 g/mol. The molecule has 19 heavy (non-hydrogen) atoms. The molecule has 0 saturated heterocycles. The number of hydrogen-bond acceptors (Lipinski definition) is 6. The molecule has 0 amide bonds. The zero-order valence-electron chi connectivity index (χ0n) is 10.7. The van der Waals surface area contributed by atoms with Crippen molar-refractivity contribution >= 4 is 17.7 Å². The predicted molar refractivity (Wildman–Crippen MR) is 73.0 cm³/mol. The molecular formula is C13H13N3O2S. The number of esters is 1. The topological polar surface area (TPSA) is 65.0 Å². The molecule has 0 aliphatic carbocycles. The third-order valence-corrected chi connectivity index (χ3v) is 2.90. The lowest BCUT2D eigenvalue weighted by molar-refractivity contribution is 0.0518. The molecule has 1 heterocycles. The first-order valence-corrected chi connectivity index (χ1v) is 7.00. The van der Waals surface area contributed by atoms with Crippen molar-refractivity contribution in [2.75, 3.05) is 12.9 Å². The van der Waals surface area contributed by atoms with Crippen molar-refractivity contribution in [1.82, 2.24) is 15.2 Å². The van der Waals surface area contributed by atoms with Crippen molar-refractivity contribution in [3.8, 4) is 11.3 Å². The zero-order chi connectivity index (χ0) is 13.7. The molecule has 6 heteroatoms. The largest absolute Gasteiger partial charge is 0.461 e. The molecule has 0 fully saturated rings. The summed E-state index contributed by atoms with van der Waals surface area (Å²) in [4.78, 5) is 16.2. The molecule has 98 valence electrons. The number of hydrogen-bond donors (Lipinski definition) is 0. The minimum absolute atomic E-state index is 0.144. The summed E-state index contributed by atoms with van der Waals surface area (Å²) in [5.41, 5.74) is 1.46. The number of ether oxygens (including phenoxy) is 1. The van der Waals surface area contributed by atoms with E-state index in [9.17, 15) is 4.79 Å². The number of carbonyl (C=O) groups is 1. The molecule has 0 unspecified atom stereocenters. The summed E-state index contributed by atoms with van der Waals surface area (Å²) in [6.07, 6.45) is 1.86. The summed E-state index contributed by atoms with van der Waals surface area (Å²) < 4.78 is 4.98. The maximum absolute atomic E-state index is 11.9. The van der Waals surface area contributed by atoms with Gasteiger partial charge in [-0.2, -0.15) is 0 Å². The molecule has 0 aliphatic heterocycles. The van der Waals surface area contributed by atoms with Crippen LogP contribution < -0.4 is 0 Å². The number of benzene rings is 1. The molecule has 0 aliphatic rings. The fourth-order valence-electron chi connectivity index (χ4n) is 1.53. The average Bonchev–Trinajstić information content (AvgIpc) is 2.47. The number of thioether (sulfide) groups is 1. The van der Waals surface area contributed by atoms with E-state index in [4.69, 9.17) is 4.74 Å². The van der Waals surface area contributed by atoms with E-state index in [2.05, 4.69) is 15.2 Å². The number of aromatic nitrogens is 3. The Balaban J connectivity index is 2.52. The van der Waals surface area contributed by atoms with Crippen LogP contribution in [-0.4, -0.2) is 34.0 Å². The van der Waals surface area contributed by atoms with Crippen LogP contribution in [0.4, 0.5) is 0 Å². The minimum atomic E-state index is -0.506. The van der Waals surface area contributed by atoms with E-state index in [0.717, 1.165) is 5.56 Å². The molecule has 1 aromatic heterocycles. The van der Waals surface area contributed by atoms with Crippen molar-refractivity contribution in [2.24, 2.45) is 0 Å². The Kier molecular flexibility index (Phi) is 4.46. The number of carbonyl (C=O) groups excluding carboxylic acids is 1. The van der Waals surface area contributed by atoms with Gasteiger partial charge in [-0.3, -0.25) is 0 Å². The first kappa shape index (κ1) is 13.5. The quantitative estimate of drug-likeness (QED) is 0.630. The monoisotopic (exact) mass is 275 g/mol. The van der Waals surface area contributed by atoms with E-state index < -0.39 is 5.97 Å². The van der Waals surface area contributed by atoms with Gasteiger partial charge in [0.25, 0.3) is 0 Å². The first-order valence-electron chi connectivity index (χ1n) is 5.77. The van der Waals surface area contributed by atoms with Crippen molar-refractivity contribution in [3.05, 3.63) is 36.0 Å². The van der Waals surface area contributed by atoms with Gasteiger partial charge in [0.1, 0.15) is 5.69 Å². The van der Waals surface area contributed by atoms with E-state index in [1.165, 1.54) is 11.8 Å². The fraction of sp³-hybridized carbons (Fsp3) is 0.231.